The number of hydrogen-bond donors (Lipinski definition) is 4. The average Bonchev–Trinajstić information content (AvgIpc) is 2.65. The Morgan fingerprint density at radius 2 is 1.81 bits per heavy atom. The molecule has 0 radical (unpaired) electrons. The Labute approximate surface area is 156 Å². The lowest BCUT2D eigenvalue weighted by molar-refractivity contribution is -0.137. The fraction of sp³-hybridized carbons (Fsp3) is 0.263. The highest BCUT2D eigenvalue weighted by Crippen LogP contribution is 2.08. The largest absolute Gasteiger partial charge is 0.481 e. The molecule has 1 heterocycles. The van der Waals surface area contributed by atoms with E-state index in [9.17, 15) is 14.4 Å². The summed E-state index contributed by atoms with van der Waals surface area (Å²) in [4.78, 5) is 37.9. The van der Waals surface area contributed by atoms with E-state index in [1.807, 2.05) is 30.3 Å². The molecule has 1 aromatic heterocycles. The molecule has 2 aromatic rings. The number of nitrogens with zero attached hydrogens (tertiary/aromatic N) is 1. The van der Waals surface area contributed by atoms with Crippen molar-refractivity contribution in [3.8, 4) is 0 Å². The molecule has 0 fully saturated rings. The van der Waals surface area contributed by atoms with Crippen LogP contribution < -0.4 is 16.4 Å². The molecule has 3 amide bonds. The standard InChI is InChI=1S/C19H22N4O4/c20-18(26)16-8-6-14(11-21-16)12-22-19(27)23-15(7-9-17(24)25)10-13-4-2-1-3-5-13/h1-6,8,11,15H,7,9-10,12H2,(H2,20,26)(H,24,25)(H2,22,23,27). The number of nitrogens with one attached hydrogen (secondary N) is 2. The Morgan fingerprint density at radius 3 is 2.41 bits per heavy atom. The third kappa shape index (κ3) is 7.15. The number of aliphatic carboxylic acids is 1. The van der Waals surface area contributed by atoms with Crippen molar-refractivity contribution in [1.82, 2.24) is 15.6 Å². The first-order valence-corrected chi connectivity index (χ1v) is 8.49. The molecule has 0 saturated carbocycles. The van der Waals surface area contributed by atoms with Gasteiger partial charge >= 0.3 is 12.0 Å². The molecule has 0 saturated heterocycles. The smallest absolute Gasteiger partial charge is 0.315 e. The SMILES string of the molecule is NC(=O)c1ccc(CNC(=O)NC(CCC(=O)O)Cc2ccccc2)cn1. The number of carbonyl (C=O) groups excluding carboxylic acids is 2. The summed E-state index contributed by atoms with van der Waals surface area (Å²) >= 11 is 0. The molecule has 1 atom stereocenters. The normalized spacial score (nSPS) is 11.4. The minimum absolute atomic E-state index is 0.0315. The summed E-state index contributed by atoms with van der Waals surface area (Å²) in [5, 5.41) is 14.4. The molecule has 0 bridgehead atoms. The van der Waals surface area contributed by atoms with Crippen molar-refractivity contribution in [1.29, 1.82) is 0 Å². The first kappa shape index (κ1) is 19.9. The molecular weight excluding hydrogens is 348 g/mol. The Kier molecular flexibility index (Phi) is 7.30. The number of nitrogens with two attached hydrogens (primary N) is 1. The van der Waals surface area contributed by atoms with Crippen LogP contribution in [0.4, 0.5) is 4.79 Å². The van der Waals surface area contributed by atoms with Crippen LogP contribution in [0.25, 0.3) is 0 Å². The Balaban J connectivity index is 1.89. The molecular formula is C19H22N4O4. The quantitative estimate of drug-likeness (QED) is 0.530. The van der Waals surface area contributed by atoms with Gasteiger partial charge in [-0.15, -0.1) is 0 Å². The monoisotopic (exact) mass is 370 g/mol. The number of urea groups is 1. The number of carbonyl (C=O) groups is 3. The maximum absolute atomic E-state index is 12.2. The van der Waals surface area contributed by atoms with E-state index in [2.05, 4.69) is 15.6 Å². The van der Waals surface area contributed by atoms with E-state index < -0.39 is 17.9 Å². The number of benzene rings is 1. The van der Waals surface area contributed by atoms with Gasteiger partial charge in [-0.1, -0.05) is 36.4 Å². The molecule has 5 N–H and O–H groups in total. The summed E-state index contributed by atoms with van der Waals surface area (Å²) in [6.07, 6.45) is 2.30. The Hall–Kier alpha value is -3.42. The Morgan fingerprint density at radius 1 is 1.07 bits per heavy atom. The van der Waals surface area contributed by atoms with Gasteiger partial charge in [-0.25, -0.2) is 4.79 Å². The summed E-state index contributed by atoms with van der Waals surface area (Å²) < 4.78 is 0. The summed E-state index contributed by atoms with van der Waals surface area (Å²) in [6, 6.07) is 12.0. The number of rotatable bonds is 9. The molecule has 2 rings (SSSR count). The van der Waals surface area contributed by atoms with Crippen LogP contribution in [-0.4, -0.2) is 34.0 Å². The van der Waals surface area contributed by atoms with Crippen LogP contribution in [0.1, 0.15) is 34.5 Å². The van der Waals surface area contributed by atoms with Gasteiger partial charge in [0.05, 0.1) is 0 Å². The van der Waals surface area contributed by atoms with Crippen molar-refractivity contribution in [3.05, 3.63) is 65.5 Å². The third-order valence-electron chi connectivity index (χ3n) is 3.90. The zero-order valence-electron chi connectivity index (χ0n) is 14.7. The van der Waals surface area contributed by atoms with Gasteiger partial charge in [-0.05, 0) is 30.0 Å². The molecule has 8 nitrogen and oxygen atoms in total. The van der Waals surface area contributed by atoms with Crippen LogP contribution in [0.3, 0.4) is 0 Å². The molecule has 1 aromatic carbocycles. The fourth-order valence-corrected chi connectivity index (χ4v) is 2.52. The first-order chi connectivity index (χ1) is 12.9. The van der Waals surface area contributed by atoms with Crippen LogP contribution >= 0.6 is 0 Å². The number of amides is 3. The van der Waals surface area contributed by atoms with Gasteiger partial charge < -0.3 is 21.5 Å². The fourth-order valence-electron chi connectivity index (χ4n) is 2.52. The second-order valence-electron chi connectivity index (χ2n) is 6.06. The lowest BCUT2D eigenvalue weighted by Gasteiger charge is -2.18. The predicted molar refractivity (Wildman–Crippen MR) is 98.9 cm³/mol. The van der Waals surface area contributed by atoms with Crippen LogP contribution in [0.5, 0.6) is 0 Å². The Bertz CT molecular complexity index is 778. The van der Waals surface area contributed by atoms with Gasteiger partial charge in [0.1, 0.15) is 5.69 Å². The second-order valence-corrected chi connectivity index (χ2v) is 6.06. The van der Waals surface area contributed by atoms with Crippen LogP contribution in [-0.2, 0) is 17.8 Å². The van der Waals surface area contributed by atoms with E-state index in [1.54, 1.807) is 6.07 Å². The summed E-state index contributed by atoms with van der Waals surface area (Å²) in [5.74, 6) is -1.52. The lowest BCUT2D eigenvalue weighted by Crippen LogP contribution is -2.43. The maximum Gasteiger partial charge on any atom is 0.315 e. The highest BCUT2D eigenvalue weighted by atomic mass is 16.4. The molecule has 142 valence electrons. The topological polar surface area (TPSA) is 134 Å². The van der Waals surface area contributed by atoms with Gasteiger partial charge in [0.15, 0.2) is 0 Å². The molecule has 1 unspecified atom stereocenters. The highest BCUT2D eigenvalue weighted by Gasteiger charge is 2.15. The lowest BCUT2D eigenvalue weighted by atomic mass is 10.0. The number of carboxylic acid groups (broad SMARTS) is 1. The number of primary amides is 1. The maximum atomic E-state index is 12.2. The van der Waals surface area contributed by atoms with Crippen molar-refractivity contribution in [2.75, 3.05) is 0 Å². The van der Waals surface area contributed by atoms with Crippen molar-refractivity contribution in [2.45, 2.75) is 31.8 Å². The summed E-state index contributed by atoms with van der Waals surface area (Å²) in [6.45, 7) is 0.217. The summed E-state index contributed by atoms with van der Waals surface area (Å²) in [7, 11) is 0. The molecule has 0 spiro atoms. The van der Waals surface area contributed by atoms with E-state index in [0.29, 0.717) is 18.4 Å². The average molecular weight is 370 g/mol. The first-order valence-electron chi connectivity index (χ1n) is 8.49. The van der Waals surface area contributed by atoms with Gasteiger partial charge in [0, 0.05) is 25.2 Å². The van der Waals surface area contributed by atoms with Gasteiger partial charge in [0.25, 0.3) is 5.91 Å². The van der Waals surface area contributed by atoms with E-state index in [1.165, 1.54) is 12.3 Å². The van der Waals surface area contributed by atoms with E-state index >= 15 is 0 Å². The zero-order valence-corrected chi connectivity index (χ0v) is 14.7. The zero-order chi connectivity index (χ0) is 19.6. The van der Waals surface area contributed by atoms with Crippen LogP contribution in [0.2, 0.25) is 0 Å². The van der Waals surface area contributed by atoms with Crippen molar-refractivity contribution in [3.63, 3.8) is 0 Å². The molecule has 0 aliphatic rings. The minimum Gasteiger partial charge on any atom is -0.481 e. The van der Waals surface area contributed by atoms with Crippen molar-refractivity contribution >= 4 is 17.9 Å². The highest BCUT2D eigenvalue weighted by molar-refractivity contribution is 5.90. The molecule has 8 heteroatoms. The number of pyridine rings is 1. The van der Waals surface area contributed by atoms with Crippen LogP contribution in [0.15, 0.2) is 48.7 Å². The van der Waals surface area contributed by atoms with Crippen LogP contribution in [0, 0.1) is 0 Å². The van der Waals surface area contributed by atoms with Gasteiger partial charge in [-0.3, -0.25) is 14.6 Å². The number of hydrogen-bond acceptors (Lipinski definition) is 4. The minimum atomic E-state index is -0.907. The van der Waals surface area contributed by atoms with Gasteiger partial charge in [0.2, 0.25) is 0 Å². The number of carboxylic acids is 1. The molecule has 0 aliphatic carbocycles. The summed E-state index contributed by atoms with van der Waals surface area (Å²) in [5.41, 5.74) is 7.01. The molecule has 0 aliphatic heterocycles. The number of aromatic nitrogens is 1. The third-order valence-corrected chi connectivity index (χ3v) is 3.90. The molecule has 27 heavy (non-hydrogen) atoms. The van der Waals surface area contributed by atoms with Crippen molar-refractivity contribution < 1.29 is 19.5 Å². The van der Waals surface area contributed by atoms with E-state index in [-0.39, 0.29) is 24.7 Å². The van der Waals surface area contributed by atoms with E-state index in [0.717, 1.165) is 5.56 Å². The van der Waals surface area contributed by atoms with E-state index in [4.69, 9.17) is 10.8 Å². The van der Waals surface area contributed by atoms with Crippen molar-refractivity contribution in [2.24, 2.45) is 5.73 Å². The second kappa shape index (κ2) is 9.91. The predicted octanol–water partition coefficient (Wildman–Crippen LogP) is 1.46. The van der Waals surface area contributed by atoms with Gasteiger partial charge in [-0.2, -0.15) is 0 Å².